The lowest BCUT2D eigenvalue weighted by Crippen LogP contribution is -2.48. The number of rotatable bonds is 6. The van der Waals surface area contributed by atoms with Crippen LogP contribution in [0.4, 0.5) is 10.1 Å². The van der Waals surface area contributed by atoms with Crippen LogP contribution < -0.4 is 4.90 Å². The van der Waals surface area contributed by atoms with Crippen molar-refractivity contribution in [2.45, 2.75) is 12.6 Å². The van der Waals surface area contributed by atoms with Crippen molar-refractivity contribution in [1.29, 1.82) is 0 Å². The number of hydrogen-bond acceptors (Lipinski definition) is 6. The van der Waals surface area contributed by atoms with E-state index in [4.69, 9.17) is 0 Å². The first-order valence-corrected chi connectivity index (χ1v) is 11.2. The number of anilines is 1. The van der Waals surface area contributed by atoms with Gasteiger partial charge in [0.1, 0.15) is 5.82 Å². The second-order valence-electron chi connectivity index (χ2n) is 7.56. The van der Waals surface area contributed by atoms with Gasteiger partial charge in [-0.3, -0.25) is 4.90 Å². The minimum Gasteiger partial charge on any atom is -0.367 e. The van der Waals surface area contributed by atoms with Crippen molar-refractivity contribution < 1.29 is 4.39 Å². The average molecular weight is 435 g/mol. The zero-order valence-corrected chi connectivity index (χ0v) is 17.8. The molecule has 1 saturated heterocycles. The van der Waals surface area contributed by atoms with Crippen molar-refractivity contribution in [2.75, 3.05) is 31.1 Å². The van der Waals surface area contributed by atoms with Crippen LogP contribution in [0.2, 0.25) is 0 Å². The Morgan fingerprint density at radius 1 is 0.903 bits per heavy atom. The third-order valence-corrected chi connectivity index (χ3v) is 6.54. The fourth-order valence-corrected chi connectivity index (χ4v) is 4.84. The second-order valence-corrected chi connectivity index (χ2v) is 8.59. The molecular formula is C23H23FN6S. The van der Waals surface area contributed by atoms with Gasteiger partial charge in [-0.1, -0.05) is 48.5 Å². The molecule has 1 atom stereocenters. The number of nitrogens with zero attached hydrogens (tertiary/aromatic N) is 6. The van der Waals surface area contributed by atoms with Crippen LogP contribution >= 0.6 is 11.3 Å². The molecule has 2 aromatic heterocycles. The Balaban J connectivity index is 1.41. The van der Waals surface area contributed by atoms with Crippen LogP contribution in [0.25, 0.3) is 0 Å². The summed E-state index contributed by atoms with van der Waals surface area (Å²) >= 11 is 1.70. The highest BCUT2D eigenvalue weighted by atomic mass is 32.1. The molecule has 0 unspecified atom stereocenters. The van der Waals surface area contributed by atoms with Crippen LogP contribution in [0.3, 0.4) is 0 Å². The molecule has 0 saturated carbocycles. The lowest BCUT2D eigenvalue weighted by Gasteiger charge is -2.40. The second kappa shape index (κ2) is 8.95. The summed E-state index contributed by atoms with van der Waals surface area (Å²) in [5, 5.41) is 14.8. The third kappa shape index (κ3) is 4.22. The predicted molar refractivity (Wildman–Crippen MR) is 120 cm³/mol. The van der Waals surface area contributed by atoms with Gasteiger partial charge >= 0.3 is 0 Å². The summed E-state index contributed by atoms with van der Waals surface area (Å²) in [5.41, 5.74) is 1.82. The van der Waals surface area contributed by atoms with Crippen molar-refractivity contribution in [3.63, 3.8) is 0 Å². The number of piperazine rings is 1. The van der Waals surface area contributed by atoms with E-state index < -0.39 is 0 Å². The van der Waals surface area contributed by atoms with Gasteiger partial charge < -0.3 is 4.90 Å². The Morgan fingerprint density at radius 2 is 1.68 bits per heavy atom. The van der Waals surface area contributed by atoms with Crippen molar-refractivity contribution in [3.05, 3.63) is 94.2 Å². The Labute approximate surface area is 184 Å². The minimum absolute atomic E-state index is 0.0565. The Bertz CT molecular complexity index is 1110. The average Bonchev–Trinajstić information content (AvgIpc) is 3.49. The quantitative estimate of drug-likeness (QED) is 0.462. The molecule has 0 spiro atoms. The van der Waals surface area contributed by atoms with Gasteiger partial charge in [-0.05, 0) is 39.6 Å². The molecule has 2 aromatic carbocycles. The number of halogens is 1. The first-order valence-electron chi connectivity index (χ1n) is 10.4. The molecule has 5 rings (SSSR count). The molecule has 0 aliphatic carbocycles. The molecule has 1 fully saturated rings. The smallest absolute Gasteiger partial charge is 0.173 e. The van der Waals surface area contributed by atoms with Crippen molar-refractivity contribution in [1.82, 2.24) is 25.1 Å². The fourth-order valence-electron chi connectivity index (χ4n) is 4.16. The molecular weight excluding hydrogens is 411 g/mol. The maximum atomic E-state index is 14.3. The highest BCUT2D eigenvalue weighted by Gasteiger charge is 2.31. The number of hydrogen-bond donors (Lipinski definition) is 0. The lowest BCUT2D eigenvalue weighted by molar-refractivity contribution is 0.201. The molecule has 3 heterocycles. The highest BCUT2D eigenvalue weighted by molar-refractivity contribution is 7.09. The predicted octanol–water partition coefficient (Wildman–Crippen LogP) is 3.83. The summed E-state index contributed by atoms with van der Waals surface area (Å²) < 4.78 is 16.2. The third-order valence-electron chi connectivity index (χ3n) is 5.68. The normalized spacial score (nSPS) is 15.8. The Morgan fingerprint density at radius 3 is 2.42 bits per heavy atom. The Kier molecular flexibility index (Phi) is 5.73. The first kappa shape index (κ1) is 19.8. The summed E-state index contributed by atoms with van der Waals surface area (Å²) in [5.74, 6) is 0.661. The van der Waals surface area contributed by atoms with Gasteiger partial charge in [-0.25, -0.2) is 9.07 Å². The van der Waals surface area contributed by atoms with Gasteiger partial charge in [0.05, 0.1) is 18.3 Å². The number of para-hydroxylation sites is 1. The molecule has 31 heavy (non-hydrogen) atoms. The van der Waals surface area contributed by atoms with Crippen molar-refractivity contribution in [3.8, 4) is 0 Å². The number of benzene rings is 2. The maximum Gasteiger partial charge on any atom is 0.173 e. The molecule has 0 amide bonds. The molecule has 0 bridgehead atoms. The fraction of sp³-hybridized carbons (Fsp3) is 0.261. The molecule has 8 heteroatoms. The van der Waals surface area contributed by atoms with E-state index in [9.17, 15) is 4.39 Å². The molecule has 1 aliphatic rings. The van der Waals surface area contributed by atoms with Gasteiger partial charge in [0, 0.05) is 31.1 Å². The zero-order valence-electron chi connectivity index (χ0n) is 17.0. The van der Waals surface area contributed by atoms with E-state index in [-0.39, 0.29) is 11.9 Å². The number of aromatic nitrogens is 4. The molecule has 1 aliphatic heterocycles. The maximum absolute atomic E-state index is 14.3. The van der Waals surface area contributed by atoms with E-state index in [1.165, 1.54) is 10.9 Å². The van der Waals surface area contributed by atoms with E-state index in [0.29, 0.717) is 12.2 Å². The van der Waals surface area contributed by atoms with E-state index >= 15 is 0 Å². The SMILES string of the molecule is Fc1ccccc1N1CCN([C@H](c2ccccc2)c2nnnn2Cc2cccs2)CC1. The van der Waals surface area contributed by atoms with Gasteiger partial charge in [-0.2, -0.15) is 0 Å². The largest absolute Gasteiger partial charge is 0.367 e. The van der Waals surface area contributed by atoms with Gasteiger partial charge in [0.15, 0.2) is 5.82 Å². The Hall–Kier alpha value is -3.10. The summed E-state index contributed by atoms with van der Waals surface area (Å²) in [6, 6.07) is 21.4. The summed E-state index contributed by atoms with van der Waals surface area (Å²) in [4.78, 5) is 5.72. The highest BCUT2D eigenvalue weighted by Crippen LogP contribution is 2.30. The van der Waals surface area contributed by atoms with Crippen LogP contribution in [-0.2, 0) is 6.54 Å². The summed E-state index contributed by atoms with van der Waals surface area (Å²) in [7, 11) is 0. The van der Waals surface area contributed by atoms with Crippen LogP contribution in [0, 0.1) is 5.82 Å². The van der Waals surface area contributed by atoms with Gasteiger partial charge in [0.2, 0.25) is 0 Å². The van der Waals surface area contributed by atoms with Gasteiger partial charge in [-0.15, -0.1) is 16.4 Å². The zero-order chi connectivity index (χ0) is 21.0. The molecule has 158 valence electrons. The summed E-state index contributed by atoms with van der Waals surface area (Å²) in [6.45, 7) is 3.73. The molecule has 4 aromatic rings. The first-order chi connectivity index (χ1) is 15.3. The van der Waals surface area contributed by atoms with E-state index in [1.54, 1.807) is 17.4 Å². The van der Waals surface area contributed by atoms with Crippen LogP contribution in [0.1, 0.15) is 22.3 Å². The van der Waals surface area contributed by atoms with Crippen LogP contribution in [0.5, 0.6) is 0 Å². The van der Waals surface area contributed by atoms with E-state index in [1.807, 2.05) is 41.1 Å². The summed E-state index contributed by atoms with van der Waals surface area (Å²) in [6.07, 6.45) is 0. The van der Waals surface area contributed by atoms with E-state index in [0.717, 1.165) is 37.6 Å². The van der Waals surface area contributed by atoms with Crippen molar-refractivity contribution in [2.24, 2.45) is 0 Å². The monoisotopic (exact) mass is 434 g/mol. The molecule has 6 nitrogen and oxygen atoms in total. The van der Waals surface area contributed by atoms with Crippen molar-refractivity contribution >= 4 is 17.0 Å². The molecule has 0 N–H and O–H groups in total. The topological polar surface area (TPSA) is 50.1 Å². The number of tetrazole rings is 1. The standard InChI is InChI=1S/C23H23FN6S/c24-20-10-4-5-11-21(20)28-12-14-29(15-13-28)22(18-7-2-1-3-8-18)23-25-26-27-30(23)17-19-9-6-16-31-19/h1-11,16,22H,12-15,17H2/t22-/m1/s1. The molecule has 0 radical (unpaired) electrons. The number of thiophene rings is 1. The van der Waals surface area contributed by atoms with Crippen LogP contribution in [-0.4, -0.2) is 51.3 Å². The van der Waals surface area contributed by atoms with Gasteiger partial charge in [0.25, 0.3) is 0 Å². The lowest BCUT2D eigenvalue weighted by atomic mass is 10.0. The van der Waals surface area contributed by atoms with Crippen LogP contribution in [0.15, 0.2) is 72.1 Å². The van der Waals surface area contributed by atoms with E-state index in [2.05, 4.69) is 48.9 Å². The minimum atomic E-state index is -0.171.